The Balaban J connectivity index is 3.97. The van der Waals surface area contributed by atoms with Gasteiger partial charge in [0.1, 0.15) is 0 Å². The summed E-state index contributed by atoms with van der Waals surface area (Å²) < 4.78 is 5.66. The van der Waals surface area contributed by atoms with Gasteiger partial charge in [0.15, 0.2) is 0 Å². The van der Waals surface area contributed by atoms with Gasteiger partial charge < -0.3 is 4.74 Å². The van der Waals surface area contributed by atoms with Gasteiger partial charge in [-0.25, -0.2) is 0 Å². The van der Waals surface area contributed by atoms with Crippen molar-refractivity contribution < 1.29 is 9.53 Å². The molecule has 0 bridgehead atoms. The largest absolute Gasteiger partial charge is 0.465 e. The fraction of sp³-hybridized carbons (Fsp3) is 0.963. The summed E-state index contributed by atoms with van der Waals surface area (Å²) >= 11 is 0. The molecule has 2 nitrogen and oxygen atoms in total. The zero-order valence-corrected chi connectivity index (χ0v) is 20.5. The summed E-state index contributed by atoms with van der Waals surface area (Å²) in [7, 11) is 0. The fourth-order valence-electron chi connectivity index (χ4n) is 4.07. The van der Waals surface area contributed by atoms with Crippen LogP contribution in [0, 0.1) is 5.92 Å². The predicted octanol–water partition coefficient (Wildman–Crippen LogP) is 9.40. The third-order valence-electron chi connectivity index (χ3n) is 6.15. The van der Waals surface area contributed by atoms with E-state index >= 15 is 0 Å². The van der Waals surface area contributed by atoms with Crippen LogP contribution in [0.2, 0.25) is 0 Å². The number of esters is 1. The van der Waals surface area contributed by atoms with Crippen LogP contribution in [-0.2, 0) is 9.53 Å². The molecule has 0 aliphatic carbocycles. The first-order valence-corrected chi connectivity index (χ1v) is 13.4. The summed E-state index contributed by atoms with van der Waals surface area (Å²) in [4.78, 5) is 12.0. The molecular formula is C27H54O2. The Morgan fingerprint density at radius 3 is 1.38 bits per heavy atom. The minimum Gasteiger partial charge on any atom is -0.465 e. The van der Waals surface area contributed by atoms with E-state index in [1.807, 2.05) is 0 Å². The molecule has 0 unspecified atom stereocenters. The molecule has 0 N–H and O–H groups in total. The molecule has 0 fully saturated rings. The molecule has 0 aromatic carbocycles. The average Bonchev–Trinajstić information content (AvgIpc) is 2.73. The topological polar surface area (TPSA) is 26.3 Å². The van der Waals surface area contributed by atoms with E-state index in [1.165, 1.54) is 116 Å². The highest BCUT2D eigenvalue weighted by atomic mass is 16.5. The first kappa shape index (κ1) is 28.5. The van der Waals surface area contributed by atoms with Crippen LogP contribution in [0.25, 0.3) is 0 Å². The van der Waals surface area contributed by atoms with Crippen LogP contribution in [0.1, 0.15) is 156 Å². The number of carbonyl (C=O) groups excluding carboxylic acids is 1. The maximum Gasteiger partial charge on any atom is 0.305 e. The van der Waals surface area contributed by atoms with Gasteiger partial charge >= 0.3 is 5.97 Å². The average molecular weight is 411 g/mol. The normalized spacial score (nSPS) is 12.2. The van der Waals surface area contributed by atoms with Crippen LogP contribution in [0.15, 0.2) is 0 Å². The van der Waals surface area contributed by atoms with E-state index < -0.39 is 0 Å². The van der Waals surface area contributed by atoms with Crippen molar-refractivity contribution in [1.29, 1.82) is 0 Å². The zero-order valence-electron chi connectivity index (χ0n) is 20.5. The molecule has 0 heterocycles. The predicted molar refractivity (Wildman–Crippen MR) is 128 cm³/mol. The molecule has 0 aromatic heterocycles. The maximum atomic E-state index is 12.0. The molecule has 174 valence electrons. The molecule has 29 heavy (non-hydrogen) atoms. The highest BCUT2D eigenvalue weighted by Gasteiger charge is 2.12. The molecule has 0 rings (SSSR count). The van der Waals surface area contributed by atoms with Crippen molar-refractivity contribution in [3.8, 4) is 0 Å². The Bertz CT molecular complexity index is 326. The SMILES string of the molecule is CCCCCCCCCC[C@H](CCCCCCCC)COC(=O)CCCCCC. The van der Waals surface area contributed by atoms with E-state index in [0.29, 0.717) is 18.9 Å². The van der Waals surface area contributed by atoms with E-state index in [1.54, 1.807) is 0 Å². The Hall–Kier alpha value is -0.530. The second kappa shape index (κ2) is 23.7. The van der Waals surface area contributed by atoms with Crippen molar-refractivity contribution in [2.24, 2.45) is 5.92 Å². The van der Waals surface area contributed by atoms with Crippen LogP contribution >= 0.6 is 0 Å². The van der Waals surface area contributed by atoms with Gasteiger partial charge in [0.2, 0.25) is 0 Å². The number of unbranched alkanes of at least 4 members (excludes halogenated alkanes) is 15. The lowest BCUT2D eigenvalue weighted by Crippen LogP contribution is -2.14. The highest BCUT2D eigenvalue weighted by Crippen LogP contribution is 2.20. The smallest absolute Gasteiger partial charge is 0.305 e. The van der Waals surface area contributed by atoms with Crippen molar-refractivity contribution in [3.05, 3.63) is 0 Å². The van der Waals surface area contributed by atoms with E-state index in [-0.39, 0.29) is 5.97 Å². The summed E-state index contributed by atoms with van der Waals surface area (Å²) in [5.74, 6) is 0.617. The molecule has 0 aromatic rings. The molecule has 0 saturated heterocycles. The van der Waals surface area contributed by atoms with Gasteiger partial charge in [-0.15, -0.1) is 0 Å². The summed E-state index contributed by atoms with van der Waals surface area (Å²) in [6, 6.07) is 0. The minimum absolute atomic E-state index is 0.0324. The second-order valence-corrected chi connectivity index (χ2v) is 9.18. The summed E-state index contributed by atoms with van der Waals surface area (Å²) in [6.07, 6.45) is 26.8. The Labute approximate surface area is 184 Å². The highest BCUT2D eigenvalue weighted by molar-refractivity contribution is 5.69. The van der Waals surface area contributed by atoms with Gasteiger partial charge in [-0.1, -0.05) is 130 Å². The fourth-order valence-corrected chi connectivity index (χ4v) is 4.07. The molecule has 0 spiro atoms. The summed E-state index contributed by atoms with van der Waals surface area (Å²) in [6.45, 7) is 7.42. The Kier molecular flexibility index (Phi) is 23.3. The Morgan fingerprint density at radius 1 is 0.552 bits per heavy atom. The molecule has 0 aliphatic heterocycles. The van der Waals surface area contributed by atoms with Crippen LogP contribution in [0.4, 0.5) is 0 Å². The van der Waals surface area contributed by atoms with Crippen molar-refractivity contribution in [2.45, 2.75) is 156 Å². The molecule has 1 atom stereocenters. The molecule has 0 radical (unpaired) electrons. The number of ether oxygens (including phenoxy) is 1. The quantitative estimate of drug-likeness (QED) is 0.124. The monoisotopic (exact) mass is 410 g/mol. The third kappa shape index (κ3) is 22.0. The van der Waals surface area contributed by atoms with E-state index in [2.05, 4.69) is 20.8 Å². The van der Waals surface area contributed by atoms with Gasteiger partial charge in [0.05, 0.1) is 6.61 Å². The first-order chi connectivity index (χ1) is 14.2. The maximum absolute atomic E-state index is 12.0. The van der Waals surface area contributed by atoms with Gasteiger partial charge in [0, 0.05) is 6.42 Å². The standard InChI is InChI=1S/C27H54O2/c1-4-7-10-13-15-16-18-20-23-26(22-19-17-14-11-8-5-2)25-29-27(28)24-21-12-9-6-3/h26H,4-25H2,1-3H3/t26-/m0/s1. The lowest BCUT2D eigenvalue weighted by molar-refractivity contribution is -0.145. The van der Waals surface area contributed by atoms with E-state index in [4.69, 9.17) is 4.74 Å². The summed E-state index contributed by atoms with van der Waals surface area (Å²) in [5, 5.41) is 0. The van der Waals surface area contributed by atoms with Crippen LogP contribution in [0.3, 0.4) is 0 Å². The van der Waals surface area contributed by atoms with E-state index in [9.17, 15) is 4.79 Å². The van der Waals surface area contributed by atoms with Gasteiger partial charge in [0.25, 0.3) is 0 Å². The van der Waals surface area contributed by atoms with Crippen molar-refractivity contribution in [3.63, 3.8) is 0 Å². The molecule has 2 heteroatoms. The lowest BCUT2D eigenvalue weighted by atomic mass is 9.94. The van der Waals surface area contributed by atoms with Crippen LogP contribution < -0.4 is 0 Å². The van der Waals surface area contributed by atoms with Crippen LogP contribution in [0.5, 0.6) is 0 Å². The van der Waals surface area contributed by atoms with Crippen molar-refractivity contribution >= 4 is 5.97 Å². The number of hydrogen-bond donors (Lipinski definition) is 0. The Morgan fingerprint density at radius 2 is 0.931 bits per heavy atom. The van der Waals surface area contributed by atoms with Gasteiger partial charge in [-0.05, 0) is 25.2 Å². The van der Waals surface area contributed by atoms with E-state index in [0.717, 1.165) is 12.8 Å². The first-order valence-electron chi connectivity index (χ1n) is 13.4. The number of rotatable bonds is 23. The van der Waals surface area contributed by atoms with Crippen molar-refractivity contribution in [1.82, 2.24) is 0 Å². The second-order valence-electron chi connectivity index (χ2n) is 9.18. The molecule has 0 aliphatic rings. The zero-order chi connectivity index (χ0) is 21.4. The molecule has 0 amide bonds. The lowest BCUT2D eigenvalue weighted by Gasteiger charge is -2.17. The van der Waals surface area contributed by atoms with Gasteiger partial charge in [-0.2, -0.15) is 0 Å². The summed E-state index contributed by atoms with van der Waals surface area (Å²) in [5.41, 5.74) is 0. The van der Waals surface area contributed by atoms with Crippen molar-refractivity contribution in [2.75, 3.05) is 6.61 Å². The van der Waals surface area contributed by atoms with Crippen LogP contribution in [-0.4, -0.2) is 12.6 Å². The number of carbonyl (C=O) groups is 1. The molecule has 0 saturated carbocycles. The third-order valence-corrected chi connectivity index (χ3v) is 6.15. The number of hydrogen-bond acceptors (Lipinski definition) is 2. The minimum atomic E-state index is 0.0324. The van der Waals surface area contributed by atoms with Gasteiger partial charge in [-0.3, -0.25) is 4.79 Å². The molecular weight excluding hydrogens is 356 g/mol.